The van der Waals surface area contributed by atoms with Crippen molar-refractivity contribution in [2.24, 2.45) is 0 Å². The van der Waals surface area contributed by atoms with Gasteiger partial charge in [0.15, 0.2) is 18.2 Å². The number of anilines is 1. The lowest BCUT2D eigenvalue weighted by molar-refractivity contribution is -0.153. The number of benzene rings is 2. The van der Waals surface area contributed by atoms with Crippen molar-refractivity contribution in [3.05, 3.63) is 75.7 Å². The van der Waals surface area contributed by atoms with E-state index in [4.69, 9.17) is 33.0 Å². The molecule has 0 atom stereocenters. The molecule has 38 heavy (non-hydrogen) atoms. The SMILES string of the molecule is CN(C(=O)c1c(F)cccc1Cl)c1ncc(-c2cc(C(=O)NCC(=O)O)ccc2Cl)cc1OCC(F)(F)F. The van der Waals surface area contributed by atoms with E-state index in [9.17, 15) is 31.9 Å². The number of rotatable bonds is 8. The first-order valence-corrected chi connectivity index (χ1v) is 11.3. The molecule has 0 radical (unpaired) electrons. The molecule has 3 rings (SSSR count). The maximum Gasteiger partial charge on any atom is 0.422 e. The Balaban J connectivity index is 2.05. The Morgan fingerprint density at radius 2 is 1.82 bits per heavy atom. The molecular weight excluding hydrogens is 557 g/mol. The molecule has 3 aromatic rings. The molecule has 2 N–H and O–H groups in total. The average Bonchev–Trinajstić information content (AvgIpc) is 2.85. The number of hydrogen-bond acceptors (Lipinski definition) is 5. The van der Waals surface area contributed by atoms with Crippen molar-refractivity contribution in [1.29, 1.82) is 0 Å². The Hall–Kier alpha value is -3.90. The van der Waals surface area contributed by atoms with E-state index in [1.54, 1.807) is 0 Å². The van der Waals surface area contributed by atoms with Crippen LogP contribution in [0.15, 0.2) is 48.7 Å². The van der Waals surface area contributed by atoms with Crippen LogP contribution in [-0.2, 0) is 4.79 Å². The monoisotopic (exact) mass is 573 g/mol. The van der Waals surface area contributed by atoms with Crippen LogP contribution in [0.5, 0.6) is 5.75 Å². The van der Waals surface area contributed by atoms with Crippen molar-refractivity contribution in [3.63, 3.8) is 0 Å². The molecule has 0 aliphatic carbocycles. The third-order valence-electron chi connectivity index (χ3n) is 4.96. The number of carboxylic acid groups (broad SMARTS) is 1. The Morgan fingerprint density at radius 1 is 1.11 bits per heavy atom. The van der Waals surface area contributed by atoms with E-state index in [0.717, 1.165) is 30.3 Å². The largest absolute Gasteiger partial charge is 0.480 e. The van der Waals surface area contributed by atoms with Crippen LogP contribution < -0.4 is 15.0 Å². The minimum Gasteiger partial charge on any atom is -0.480 e. The lowest BCUT2D eigenvalue weighted by Gasteiger charge is -2.21. The summed E-state index contributed by atoms with van der Waals surface area (Å²) in [5.41, 5.74) is -0.258. The molecule has 1 heterocycles. The molecule has 0 aliphatic heterocycles. The fraction of sp³-hybridized carbons (Fsp3) is 0.167. The highest BCUT2D eigenvalue weighted by atomic mass is 35.5. The molecule has 0 saturated carbocycles. The van der Waals surface area contributed by atoms with Gasteiger partial charge in [-0.2, -0.15) is 13.2 Å². The summed E-state index contributed by atoms with van der Waals surface area (Å²) in [6, 6.07) is 8.57. The van der Waals surface area contributed by atoms with Crippen LogP contribution in [0.3, 0.4) is 0 Å². The molecule has 0 spiro atoms. The zero-order valence-electron chi connectivity index (χ0n) is 19.3. The van der Waals surface area contributed by atoms with Gasteiger partial charge in [0.25, 0.3) is 11.8 Å². The Morgan fingerprint density at radius 3 is 2.45 bits per heavy atom. The third-order valence-corrected chi connectivity index (χ3v) is 5.61. The number of nitrogens with one attached hydrogen (secondary N) is 1. The summed E-state index contributed by atoms with van der Waals surface area (Å²) in [7, 11) is 1.15. The molecular formula is C24H17Cl2F4N3O5. The lowest BCUT2D eigenvalue weighted by atomic mass is 10.0. The molecule has 200 valence electrons. The second kappa shape index (κ2) is 11.7. The Kier molecular flexibility index (Phi) is 8.79. The molecule has 2 aromatic carbocycles. The zero-order chi connectivity index (χ0) is 28.2. The van der Waals surface area contributed by atoms with E-state index in [-0.39, 0.29) is 32.6 Å². The second-order valence-corrected chi connectivity index (χ2v) is 8.50. The number of carboxylic acids is 1. The van der Waals surface area contributed by atoms with E-state index >= 15 is 0 Å². The number of alkyl halides is 3. The second-order valence-electron chi connectivity index (χ2n) is 7.68. The van der Waals surface area contributed by atoms with Gasteiger partial charge in [0.1, 0.15) is 12.4 Å². The molecule has 14 heteroatoms. The van der Waals surface area contributed by atoms with Crippen molar-refractivity contribution < 1.29 is 41.8 Å². The van der Waals surface area contributed by atoms with Gasteiger partial charge in [-0.25, -0.2) is 9.37 Å². The number of amides is 2. The Bertz CT molecular complexity index is 1380. The third kappa shape index (κ3) is 6.90. The van der Waals surface area contributed by atoms with Gasteiger partial charge in [-0.05, 0) is 36.4 Å². The topological polar surface area (TPSA) is 109 Å². The van der Waals surface area contributed by atoms with Crippen LogP contribution in [0.25, 0.3) is 11.1 Å². The van der Waals surface area contributed by atoms with Crippen LogP contribution in [-0.4, -0.2) is 54.2 Å². The number of nitrogens with zero attached hydrogens (tertiary/aromatic N) is 2. The number of pyridine rings is 1. The minimum atomic E-state index is -4.75. The molecule has 1 aromatic heterocycles. The minimum absolute atomic E-state index is 0.00831. The molecule has 0 unspecified atom stereocenters. The summed E-state index contributed by atoms with van der Waals surface area (Å²) in [5, 5.41) is 10.8. The van der Waals surface area contributed by atoms with Crippen LogP contribution in [0.2, 0.25) is 10.0 Å². The Labute approximate surface area is 222 Å². The predicted molar refractivity (Wildman–Crippen MR) is 130 cm³/mol. The van der Waals surface area contributed by atoms with Gasteiger partial charge in [-0.1, -0.05) is 29.3 Å². The lowest BCUT2D eigenvalue weighted by Crippen LogP contribution is -2.29. The van der Waals surface area contributed by atoms with Crippen molar-refractivity contribution in [3.8, 4) is 16.9 Å². The number of aromatic nitrogens is 1. The number of aliphatic carboxylic acids is 1. The first-order chi connectivity index (χ1) is 17.8. The van der Waals surface area contributed by atoms with E-state index < -0.39 is 54.2 Å². The van der Waals surface area contributed by atoms with Crippen LogP contribution in [0.4, 0.5) is 23.4 Å². The number of carbonyl (C=O) groups is 3. The van der Waals surface area contributed by atoms with Gasteiger partial charge in [-0.3, -0.25) is 19.3 Å². The summed E-state index contributed by atoms with van der Waals surface area (Å²) in [4.78, 5) is 40.8. The smallest absolute Gasteiger partial charge is 0.422 e. The van der Waals surface area contributed by atoms with E-state index in [0.29, 0.717) is 0 Å². The average molecular weight is 574 g/mol. The number of carbonyl (C=O) groups excluding carboxylic acids is 2. The first-order valence-electron chi connectivity index (χ1n) is 10.5. The highest BCUT2D eigenvalue weighted by molar-refractivity contribution is 6.34. The van der Waals surface area contributed by atoms with Gasteiger partial charge in [0.2, 0.25) is 0 Å². The predicted octanol–water partition coefficient (Wildman–Crippen LogP) is 5.23. The van der Waals surface area contributed by atoms with Gasteiger partial charge in [-0.15, -0.1) is 0 Å². The van der Waals surface area contributed by atoms with E-state index in [2.05, 4.69) is 10.3 Å². The van der Waals surface area contributed by atoms with Gasteiger partial charge >= 0.3 is 12.1 Å². The highest BCUT2D eigenvalue weighted by Gasteiger charge is 2.31. The van der Waals surface area contributed by atoms with E-state index in [1.807, 2.05) is 0 Å². The summed E-state index contributed by atoms with van der Waals surface area (Å²) >= 11 is 12.2. The van der Waals surface area contributed by atoms with Crippen molar-refractivity contribution in [2.75, 3.05) is 25.1 Å². The molecule has 2 amide bonds. The normalized spacial score (nSPS) is 11.1. The van der Waals surface area contributed by atoms with Gasteiger partial charge < -0.3 is 15.2 Å². The van der Waals surface area contributed by atoms with E-state index in [1.165, 1.54) is 30.3 Å². The zero-order valence-corrected chi connectivity index (χ0v) is 20.8. The summed E-state index contributed by atoms with van der Waals surface area (Å²) in [6.07, 6.45) is -3.59. The summed E-state index contributed by atoms with van der Waals surface area (Å²) < 4.78 is 58.1. The first kappa shape index (κ1) is 28.7. The van der Waals surface area contributed by atoms with Crippen LogP contribution in [0, 0.1) is 5.82 Å². The van der Waals surface area contributed by atoms with Gasteiger partial charge in [0.05, 0.1) is 10.6 Å². The van der Waals surface area contributed by atoms with Crippen LogP contribution in [0.1, 0.15) is 20.7 Å². The molecule has 8 nitrogen and oxygen atoms in total. The highest BCUT2D eigenvalue weighted by Crippen LogP contribution is 2.36. The van der Waals surface area contributed by atoms with Crippen molar-refractivity contribution in [1.82, 2.24) is 10.3 Å². The summed E-state index contributed by atoms with van der Waals surface area (Å²) in [5.74, 6) is -4.84. The standard InChI is InChI=1S/C24H17Cl2F4N3O5/c1-33(23(37)20-16(26)3-2-4-17(20)27)21-18(38-11-24(28,29)30)8-13(9-31-21)14-7-12(5-6-15(14)25)22(36)32-10-19(34)35/h2-9H,10-11H2,1H3,(H,32,36)(H,34,35). The van der Waals surface area contributed by atoms with Gasteiger partial charge in [0, 0.05) is 35.0 Å². The fourth-order valence-corrected chi connectivity index (χ4v) is 3.68. The van der Waals surface area contributed by atoms with Crippen molar-refractivity contribution >= 4 is 46.8 Å². The van der Waals surface area contributed by atoms with Crippen LogP contribution >= 0.6 is 23.2 Å². The molecule has 0 bridgehead atoms. The quantitative estimate of drug-likeness (QED) is 0.357. The number of halogens is 6. The summed E-state index contributed by atoms with van der Waals surface area (Å²) in [6.45, 7) is -2.38. The van der Waals surface area contributed by atoms with Crippen molar-refractivity contribution in [2.45, 2.75) is 6.18 Å². The fourth-order valence-electron chi connectivity index (χ4n) is 3.21. The maximum atomic E-state index is 14.3. The molecule has 0 saturated heterocycles. The number of hydrogen-bond donors (Lipinski definition) is 2. The molecule has 0 fully saturated rings. The molecule has 0 aliphatic rings. The maximum absolute atomic E-state index is 14.3. The number of ether oxygens (including phenoxy) is 1.